The molecule has 0 fully saturated rings. The van der Waals surface area contributed by atoms with Gasteiger partial charge in [-0.2, -0.15) is 0 Å². The number of rotatable bonds is 6. The summed E-state index contributed by atoms with van der Waals surface area (Å²) in [5.74, 6) is 0.831. The van der Waals surface area contributed by atoms with E-state index >= 15 is 0 Å². The van der Waals surface area contributed by atoms with E-state index in [0.29, 0.717) is 18.7 Å². The summed E-state index contributed by atoms with van der Waals surface area (Å²) in [6.45, 7) is 8.15. The van der Waals surface area contributed by atoms with Crippen LogP contribution in [-0.4, -0.2) is 0 Å². The molecule has 0 saturated carbocycles. The fourth-order valence-corrected chi connectivity index (χ4v) is 2.13. The molecule has 0 aliphatic carbocycles. The van der Waals surface area contributed by atoms with Gasteiger partial charge in [0.25, 0.3) is 0 Å². The van der Waals surface area contributed by atoms with Crippen LogP contribution in [-0.2, 0) is 13.0 Å². The van der Waals surface area contributed by atoms with Gasteiger partial charge < -0.3 is 10.5 Å². The molecule has 20 heavy (non-hydrogen) atoms. The second-order valence-corrected chi connectivity index (χ2v) is 4.52. The van der Waals surface area contributed by atoms with Crippen LogP contribution in [0.2, 0.25) is 0 Å². The largest absolute Gasteiger partial charge is 0.489 e. The minimum absolute atomic E-state index is 0.533. The molecular weight excluding hydrogens is 246 g/mol. The van der Waals surface area contributed by atoms with E-state index in [9.17, 15) is 0 Å². The zero-order chi connectivity index (χ0) is 14.4. The monoisotopic (exact) mass is 265 g/mol. The molecule has 0 amide bonds. The number of allylic oxidation sites excluding steroid dienone is 1. The van der Waals surface area contributed by atoms with Crippen LogP contribution >= 0.6 is 0 Å². The first-order valence-electron chi connectivity index (χ1n) is 6.57. The molecule has 2 aromatic rings. The van der Waals surface area contributed by atoms with E-state index in [1.807, 2.05) is 48.5 Å². The molecule has 102 valence electrons. The average Bonchev–Trinajstić information content (AvgIpc) is 2.48. The molecule has 0 atom stereocenters. The summed E-state index contributed by atoms with van der Waals surface area (Å²) in [6.07, 6.45) is 4.32. The minimum atomic E-state index is 0.533. The van der Waals surface area contributed by atoms with Crippen LogP contribution in [0.1, 0.15) is 16.7 Å². The fraction of sp³-hybridized carbons (Fsp3) is 0.111. The first kappa shape index (κ1) is 13.9. The number of nitrogen functional groups attached to an aromatic ring is 1. The maximum absolute atomic E-state index is 5.98. The Labute approximate surface area is 120 Å². The zero-order valence-electron chi connectivity index (χ0n) is 11.5. The van der Waals surface area contributed by atoms with Crippen LogP contribution < -0.4 is 10.5 Å². The highest BCUT2D eigenvalue weighted by Gasteiger charge is 2.09. The molecule has 0 aliphatic heterocycles. The normalized spacial score (nSPS) is 10.0. The number of ether oxygens (including phenoxy) is 1. The topological polar surface area (TPSA) is 35.2 Å². The standard InChI is InChI=1S/C18H19NO/c1-3-8-16-15(4-2)17(19)11-12-18(16)20-13-14-9-6-5-7-10-14/h3-7,9-12H,1-2,8,13,19H2. The third-order valence-corrected chi connectivity index (χ3v) is 3.14. The van der Waals surface area contributed by atoms with Crippen molar-refractivity contribution in [3.63, 3.8) is 0 Å². The minimum Gasteiger partial charge on any atom is -0.489 e. The lowest BCUT2D eigenvalue weighted by Crippen LogP contribution is -2.02. The van der Waals surface area contributed by atoms with Crippen LogP contribution in [0.3, 0.4) is 0 Å². The van der Waals surface area contributed by atoms with Gasteiger partial charge in [-0.05, 0) is 24.1 Å². The van der Waals surface area contributed by atoms with Gasteiger partial charge in [0.15, 0.2) is 0 Å². The number of nitrogens with two attached hydrogens (primary N) is 1. The molecule has 0 heterocycles. The molecule has 0 radical (unpaired) electrons. The highest BCUT2D eigenvalue weighted by Crippen LogP contribution is 2.29. The molecule has 0 spiro atoms. The van der Waals surface area contributed by atoms with Crippen molar-refractivity contribution < 1.29 is 4.74 Å². The Morgan fingerprint density at radius 2 is 1.80 bits per heavy atom. The smallest absolute Gasteiger partial charge is 0.124 e. The Balaban J connectivity index is 2.26. The number of hydrogen-bond donors (Lipinski definition) is 1. The van der Waals surface area contributed by atoms with Crippen molar-refractivity contribution in [3.8, 4) is 5.75 Å². The molecule has 2 nitrogen and oxygen atoms in total. The number of hydrogen-bond acceptors (Lipinski definition) is 2. The van der Waals surface area contributed by atoms with Gasteiger partial charge in [0.05, 0.1) is 0 Å². The second kappa shape index (κ2) is 6.62. The summed E-state index contributed by atoms with van der Waals surface area (Å²) in [7, 11) is 0. The highest BCUT2D eigenvalue weighted by molar-refractivity contribution is 5.70. The molecule has 0 unspecified atom stereocenters. The van der Waals surface area contributed by atoms with Gasteiger partial charge in [-0.25, -0.2) is 0 Å². The van der Waals surface area contributed by atoms with E-state index < -0.39 is 0 Å². The van der Waals surface area contributed by atoms with Crippen LogP contribution in [0.15, 0.2) is 61.7 Å². The van der Waals surface area contributed by atoms with Gasteiger partial charge >= 0.3 is 0 Å². The van der Waals surface area contributed by atoms with Gasteiger partial charge in [-0.3, -0.25) is 0 Å². The van der Waals surface area contributed by atoms with Crippen molar-refractivity contribution >= 4 is 11.8 Å². The van der Waals surface area contributed by atoms with Gasteiger partial charge in [-0.1, -0.05) is 49.1 Å². The van der Waals surface area contributed by atoms with Crippen LogP contribution in [0.4, 0.5) is 5.69 Å². The third kappa shape index (κ3) is 3.09. The summed E-state index contributed by atoms with van der Waals surface area (Å²) < 4.78 is 5.92. The zero-order valence-corrected chi connectivity index (χ0v) is 11.5. The van der Waals surface area contributed by atoms with Crippen LogP contribution in [0, 0.1) is 0 Å². The summed E-state index contributed by atoms with van der Waals surface area (Å²) in [6, 6.07) is 13.8. The van der Waals surface area contributed by atoms with Gasteiger partial charge in [0.1, 0.15) is 12.4 Å². The van der Waals surface area contributed by atoms with E-state index in [2.05, 4.69) is 13.2 Å². The van der Waals surface area contributed by atoms with Crippen molar-refractivity contribution in [2.75, 3.05) is 5.73 Å². The summed E-state index contributed by atoms with van der Waals surface area (Å²) >= 11 is 0. The molecule has 2 rings (SSSR count). The van der Waals surface area contributed by atoms with E-state index in [-0.39, 0.29) is 0 Å². The Kier molecular flexibility index (Phi) is 4.61. The molecule has 2 N–H and O–H groups in total. The lowest BCUT2D eigenvalue weighted by molar-refractivity contribution is 0.303. The molecule has 0 aromatic heterocycles. The van der Waals surface area contributed by atoms with Crippen LogP contribution in [0.25, 0.3) is 6.08 Å². The van der Waals surface area contributed by atoms with E-state index in [4.69, 9.17) is 10.5 Å². The van der Waals surface area contributed by atoms with Crippen molar-refractivity contribution in [3.05, 3.63) is 78.4 Å². The van der Waals surface area contributed by atoms with Gasteiger partial charge in [-0.15, -0.1) is 6.58 Å². The average molecular weight is 265 g/mol. The van der Waals surface area contributed by atoms with Crippen molar-refractivity contribution in [1.29, 1.82) is 0 Å². The first-order chi connectivity index (χ1) is 9.76. The molecular formula is C18H19NO. The van der Waals surface area contributed by atoms with Crippen molar-refractivity contribution in [2.24, 2.45) is 0 Å². The maximum Gasteiger partial charge on any atom is 0.124 e. The summed E-state index contributed by atoms with van der Waals surface area (Å²) in [4.78, 5) is 0. The molecule has 0 bridgehead atoms. The predicted molar refractivity (Wildman–Crippen MR) is 85.6 cm³/mol. The fourth-order valence-electron chi connectivity index (χ4n) is 2.13. The molecule has 0 saturated heterocycles. The van der Waals surface area contributed by atoms with Gasteiger partial charge in [0.2, 0.25) is 0 Å². The lowest BCUT2D eigenvalue weighted by atomic mass is 10.0. The highest BCUT2D eigenvalue weighted by atomic mass is 16.5. The van der Waals surface area contributed by atoms with E-state index in [0.717, 1.165) is 22.4 Å². The van der Waals surface area contributed by atoms with Crippen LogP contribution in [0.5, 0.6) is 5.75 Å². The molecule has 0 aliphatic rings. The van der Waals surface area contributed by atoms with E-state index in [1.54, 1.807) is 6.08 Å². The molecule has 2 heteroatoms. The summed E-state index contributed by atoms with van der Waals surface area (Å²) in [5, 5.41) is 0. The number of anilines is 1. The quantitative estimate of drug-likeness (QED) is 0.627. The SMILES string of the molecule is C=CCc1c(OCc2ccccc2)ccc(N)c1C=C. The Bertz CT molecular complexity index is 602. The number of benzene rings is 2. The first-order valence-corrected chi connectivity index (χ1v) is 6.57. The lowest BCUT2D eigenvalue weighted by Gasteiger charge is -2.15. The second-order valence-electron chi connectivity index (χ2n) is 4.52. The van der Waals surface area contributed by atoms with Crippen molar-refractivity contribution in [2.45, 2.75) is 13.0 Å². The van der Waals surface area contributed by atoms with E-state index in [1.165, 1.54) is 0 Å². The Morgan fingerprint density at radius 3 is 2.45 bits per heavy atom. The third-order valence-electron chi connectivity index (χ3n) is 3.14. The summed E-state index contributed by atoms with van der Waals surface area (Å²) in [5.41, 5.74) is 9.78. The van der Waals surface area contributed by atoms with Crippen molar-refractivity contribution in [1.82, 2.24) is 0 Å². The van der Waals surface area contributed by atoms with Gasteiger partial charge in [0, 0.05) is 16.8 Å². The predicted octanol–water partition coefficient (Wildman–Crippen LogP) is 4.22. The maximum atomic E-state index is 5.98. The Hall–Kier alpha value is -2.48. The molecule has 2 aromatic carbocycles. The Morgan fingerprint density at radius 1 is 1.05 bits per heavy atom.